The van der Waals surface area contributed by atoms with E-state index in [9.17, 15) is 4.79 Å². The first-order chi connectivity index (χ1) is 12.3. The van der Waals surface area contributed by atoms with Crippen LogP contribution in [0.1, 0.15) is 17.3 Å². The fourth-order valence-electron chi connectivity index (χ4n) is 2.56. The minimum absolute atomic E-state index is 0.330. The molecule has 4 aromatic rings. The zero-order valence-electron chi connectivity index (χ0n) is 13.4. The molecule has 0 N–H and O–H groups in total. The molecule has 4 rings (SSSR count). The average Bonchev–Trinajstić information content (AvgIpc) is 3.04. The lowest BCUT2D eigenvalue weighted by Gasteiger charge is -2.10. The number of esters is 1. The highest BCUT2D eigenvalue weighted by molar-refractivity contribution is 8.01. The number of thiazole rings is 1. The maximum atomic E-state index is 12.4. The summed E-state index contributed by atoms with van der Waals surface area (Å²) in [6, 6.07) is 15.8. The van der Waals surface area contributed by atoms with E-state index in [2.05, 4.69) is 9.97 Å². The van der Waals surface area contributed by atoms with Crippen LogP contribution in [0.2, 0.25) is 0 Å². The third-order valence-corrected chi connectivity index (χ3v) is 5.93. The smallest absolute Gasteiger partial charge is 0.340 e. The molecule has 0 amide bonds. The number of hydrogen-bond donors (Lipinski definition) is 0. The second-order valence-corrected chi connectivity index (χ2v) is 7.58. The van der Waals surface area contributed by atoms with E-state index in [0.29, 0.717) is 12.2 Å². The van der Waals surface area contributed by atoms with E-state index in [0.717, 1.165) is 30.4 Å². The number of para-hydroxylation sites is 2. The summed E-state index contributed by atoms with van der Waals surface area (Å²) in [4.78, 5) is 22.3. The highest BCUT2D eigenvalue weighted by Gasteiger charge is 2.19. The van der Waals surface area contributed by atoms with Crippen LogP contribution in [0.25, 0.3) is 21.1 Å². The number of nitrogens with zero attached hydrogens (tertiary/aromatic N) is 2. The first-order valence-electron chi connectivity index (χ1n) is 7.84. The van der Waals surface area contributed by atoms with Gasteiger partial charge in [0.05, 0.1) is 27.9 Å². The molecule has 0 aliphatic carbocycles. The first kappa shape index (κ1) is 16.1. The van der Waals surface area contributed by atoms with Gasteiger partial charge in [-0.25, -0.2) is 9.78 Å². The standard InChI is InChI=1S/C19H14N2O2S2/c1-2-23-18(22)13-11-20-14-8-4-3-7-12(14)17(13)25-19-21-15-9-5-6-10-16(15)24-19/h3-11H,2H2,1H3. The van der Waals surface area contributed by atoms with Gasteiger partial charge in [-0.05, 0) is 25.1 Å². The minimum Gasteiger partial charge on any atom is -0.462 e. The van der Waals surface area contributed by atoms with Gasteiger partial charge < -0.3 is 4.74 Å². The van der Waals surface area contributed by atoms with Gasteiger partial charge in [0.2, 0.25) is 0 Å². The lowest BCUT2D eigenvalue weighted by Crippen LogP contribution is -2.07. The van der Waals surface area contributed by atoms with Crippen molar-refractivity contribution in [3.05, 3.63) is 60.3 Å². The molecule has 124 valence electrons. The van der Waals surface area contributed by atoms with Crippen LogP contribution in [-0.4, -0.2) is 22.5 Å². The second kappa shape index (κ2) is 6.82. The summed E-state index contributed by atoms with van der Waals surface area (Å²) in [5.41, 5.74) is 2.29. The van der Waals surface area contributed by atoms with Gasteiger partial charge >= 0.3 is 5.97 Å². The van der Waals surface area contributed by atoms with Crippen molar-refractivity contribution in [3.63, 3.8) is 0 Å². The summed E-state index contributed by atoms with van der Waals surface area (Å²) in [6.07, 6.45) is 1.59. The van der Waals surface area contributed by atoms with E-state index in [4.69, 9.17) is 4.74 Å². The van der Waals surface area contributed by atoms with Crippen LogP contribution in [0.3, 0.4) is 0 Å². The van der Waals surface area contributed by atoms with Crippen molar-refractivity contribution in [2.24, 2.45) is 0 Å². The number of rotatable bonds is 4. The Morgan fingerprint density at radius 3 is 2.68 bits per heavy atom. The average molecular weight is 366 g/mol. The fourth-order valence-corrected chi connectivity index (χ4v) is 4.79. The summed E-state index contributed by atoms with van der Waals surface area (Å²) >= 11 is 3.10. The fraction of sp³-hybridized carbons (Fsp3) is 0.105. The highest BCUT2D eigenvalue weighted by Crippen LogP contribution is 2.39. The molecular formula is C19H14N2O2S2. The molecule has 0 saturated heterocycles. The second-order valence-electron chi connectivity index (χ2n) is 5.29. The molecule has 2 heterocycles. The quantitative estimate of drug-likeness (QED) is 0.466. The van der Waals surface area contributed by atoms with Crippen molar-refractivity contribution in [2.45, 2.75) is 16.2 Å². The van der Waals surface area contributed by atoms with Gasteiger partial charge in [0.15, 0.2) is 4.34 Å². The molecule has 25 heavy (non-hydrogen) atoms. The van der Waals surface area contributed by atoms with Crippen molar-refractivity contribution < 1.29 is 9.53 Å². The van der Waals surface area contributed by atoms with E-state index in [-0.39, 0.29) is 5.97 Å². The van der Waals surface area contributed by atoms with Gasteiger partial charge in [0, 0.05) is 16.5 Å². The summed E-state index contributed by atoms with van der Waals surface area (Å²) < 4.78 is 7.22. The van der Waals surface area contributed by atoms with E-state index in [1.807, 2.05) is 48.5 Å². The zero-order valence-corrected chi connectivity index (χ0v) is 15.1. The Balaban J connectivity index is 1.85. The van der Waals surface area contributed by atoms with E-state index in [1.165, 1.54) is 11.8 Å². The molecular weight excluding hydrogens is 352 g/mol. The Kier molecular flexibility index (Phi) is 4.38. The summed E-state index contributed by atoms with van der Waals surface area (Å²) in [5.74, 6) is -0.357. The molecule has 0 spiro atoms. The Bertz CT molecular complexity index is 1040. The zero-order chi connectivity index (χ0) is 17.2. The van der Waals surface area contributed by atoms with Crippen LogP contribution in [-0.2, 0) is 4.74 Å². The molecule has 0 saturated carbocycles. The van der Waals surface area contributed by atoms with E-state index in [1.54, 1.807) is 24.5 Å². The molecule has 0 aliphatic rings. The number of hydrogen-bond acceptors (Lipinski definition) is 6. The SMILES string of the molecule is CCOC(=O)c1cnc2ccccc2c1Sc1nc2ccccc2s1. The van der Waals surface area contributed by atoms with Crippen molar-refractivity contribution in [3.8, 4) is 0 Å². The van der Waals surface area contributed by atoms with Gasteiger partial charge in [-0.15, -0.1) is 11.3 Å². The number of ether oxygens (including phenoxy) is 1. The van der Waals surface area contributed by atoms with Crippen molar-refractivity contribution >= 4 is 50.2 Å². The van der Waals surface area contributed by atoms with Crippen LogP contribution in [0.15, 0.2) is 64.0 Å². The summed E-state index contributed by atoms with van der Waals surface area (Å²) in [6.45, 7) is 2.13. The van der Waals surface area contributed by atoms with Crippen LogP contribution >= 0.6 is 23.1 Å². The molecule has 0 aliphatic heterocycles. The van der Waals surface area contributed by atoms with Gasteiger partial charge in [-0.1, -0.05) is 42.1 Å². The maximum Gasteiger partial charge on any atom is 0.340 e. The van der Waals surface area contributed by atoms with E-state index >= 15 is 0 Å². The Hall–Kier alpha value is -2.44. The van der Waals surface area contributed by atoms with Crippen molar-refractivity contribution in [1.29, 1.82) is 0 Å². The normalized spacial score (nSPS) is 11.1. The minimum atomic E-state index is -0.357. The van der Waals surface area contributed by atoms with Crippen molar-refractivity contribution in [1.82, 2.24) is 9.97 Å². The number of benzene rings is 2. The summed E-state index contributed by atoms with van der Waals surface area (Å²) in [7, 11) is 0. The number of aromatic nitrogens is 2. The predicted molar refractivity (Wildman–Crippen MR) is 101 cm³/mol. The lowest BCUT2D eigenvalue weighted by atomic mass is 10.1. The van der Waals surface area contributed by atoms with Crippen LogP contribution in [0.5, 0.6) is 0 Å². The van der Waals surface area contributed by atoms with Gasteiger partial charge in [0.1, 0.15) is 0 Å². The predicted octanol–water partition coefficient (Wildman–Crippen LogP) is 5.17. The maximum absolute atomic E-state index is 12.4. The molecule has 2 aromatic carbocycles. The third-order valence-electron chi connectivity index (χ3n) is 3.69. The van der Waals surface area contributed by atoms with Crippen LogP contribution < -0.4 is 0 Å². The summed E-state index contributed by atoms with van der Waals surface area (Å²) in [5, 5.41) is 0.928. The largest absolute Gasteiger partial charge is 0.462 e. The monoisotopic (exact) mass is 366 g/mol. The van der Waals surface area contributed by atoms with Crippen molar-refractivity contribution in [2.75, 3.05) is 6.61 Å². The number of carbonyl (C=O) groups is 1. The molecule has 0 atom stereocenters. The Morgan fingerprint density at radius 1 is 1.12 bits per heavy atom. The lowest BCUT2D eigenvalue weighted by molar-refractivity contribution is 0.0522. The van der Waals surface area contributed by atoms with Gasteiger partial charge in [-0.2, -0.15) is 0 Å². The number of carbonyl (C=O) groups excluding carboxylic acids is 1. The van der Waals surface area contributed by atoms with E-state index < -0.39 is 0 Å². The molecule has 6 heteroatoms. The molecule has 0 fully saturated rings. The molecule has 0 bridgehead atoms. The molecule has 0 unspecified atom stereocenters. The first-order valence-corrected chi connectivity index (χ1v) is 9.48. The third kappa shape index (κ3) is 3.10. The Labute approximate surface area is 152 Å². The van der Waals surface area contributed by atoms with Gasteiger partial charge in [-0.3, -0.25) is 4.98 Å². The van der Waals surface area contributed by atoms with Gasteiger partial charge in [0.25, 0.3) is 0 Å². The Morgan fingerprint density at radius 2 is 1.88 bits per heavy atom. The number of fused-ring (bicyclic) bond motifs is 2. The molecule has 2 aromatic heterocycles. The topological polar surface area (TPSA) is 52.1 Å². The van der Waals surface area contributed by atoms with Crippen LogP contribution in [0.4, 0.5) is 0 Å². The highest BCUT2D eigenvalue weighted by atomic mass is 32.2. The molecule has 0 radical (unpaired) electrons. The van der Waals surface area contributed by atoms with Crippen LogP contribution in [0, 0.1) is 0 Å². The number of pyridine rings is 1. The molecule has 4 nitrogen and oxygen atoms in total.